The van der Waals surface area contributed by atoms with Crippen LogP contribution in [0.1, 0.15) is 43.1 Å². The minimum atomic E-state index is -1.29. The predicted octanol–water partition coefficient (Wildman–Crippen LogP) is 4.67. The van der Waals surface area contributed by atoms with Gasteiger partial charge in [-0.3, -0.25) is 14.4 Å². The van der Waals surface area contributed by atoms with Crippen molar-refractivity contribution >= 4 is 34.2 Å². The monoisotopic (exact) mass is 479 g/mol. The number of ketones is 1. The Morgan fingerprint density at radius 1 is 0.944 bits per heavy atom. The number of rotatable bonds is 5. The van der Waals surface area contributed by atoms with E-state index in [1.165, 1.54) is 0 Å². The van der Waals surface area contributed by atoms with Gasteiger partial charge in [-0.2, -0.15) is 0 Å². The third kappa shape index (κ3) is 4.20. The van der Waals surface area contributed by atoms with Crippen LogP contribution in [0.5, 0.6) is 5.75 Å². The number of ether oxygens (including phenoxy) is 1. The van der Waals surface area contributed by atoms with E-state index in [9.17, 15) is 14.4 Å². The third-order valence-corrected chi connectivity index (χ3v) is 6.52. The molecule has 2 N–H and O–H groups in total. The van der Waals surface area contributed by atoms with Gasteiger partial charge in [-0.15, -0.1) is 0 Å². The highest BCUT2D eigenvalue weighted by Gasteiger charge is 2.36. The fourth-order valence-electron chi connectivity index (χ4n) is 4.45. The third-order valence-electron chi connectivity index (χ3n) is 6.52. The van der Waals surface area contributed by atoms with E-state index in [4.69, 9.17) is 4.74 Å². The number of nitrogens with zero attached hydrogens (tertiary/aromatic N) is 1. The lowest BCUT2D eigenvalue weighted by Crippen LogP contribution is -2.52. The summed E-state index contributed by atoms with van der Waals surface area (Å²) in [7, 11) is 0. The summed E-state index contributed by atoms with van der Waals surface area (Å²) < 4.78 is 6.18. The Morgan fingerprint density at radius 3 is 2.53 bits per heavy atom. The van der Waals surface area contributed by atoms with Crippen molar-refractivity contribution in [3.05, 3.63) is 100 Å². The van der Waals surface area contributed by atoms with Crippen LogP contribution in [0, 0.1) is 20.8 Å². The molecule has 5 rings (SSSR count). The van der Waals surface area contributed by atoms with Gasteiger partial charge in [0, 0.05) is 22.3 Å². The Bertz CT molecular complexity index is 1540. The molecule has 3 aromatic carbocycles. The number of nitrogens with one attached hydrogen (secondary N) is 2. The van der Waals surface area contributed by atoms with Crippen molar-refractivity contribution in [3.8, 4) is 5.75 Å². The summed E-state index contributed by atoms with van der Waals surface area (Å²) in [6.45, 7) is 6.09. The summed E-state index contributed by atoms with van der Waals surface area (Å²) in [5.74, 6) is -0.789. The Morgan fingerprint density at radius 2 is 1.72 bits per heavy atom. The highest BCUT2D eigenvalue weighted by molar-refractivity contribution is 6.25. The second kappa shape index (κ2) is 9.26. The van der Waals surface area contributed by atoms with Crippen LogP contribution in [0.4, 0.5) is 5.69 Å². The summed E-state index contributed by atoms with van der Waals surface area (Å²) in [4.78, 5) is 43.0. The number of anilines is 1. The van der Waals surface area contributed by atoms with E-state index < -0.39 is 23.6 Å². The molecule has 1 aliphatic rings. The molecule has 0 bridgehead atoms. The molecule has 0 saturated carbocycles. The van der Waals surface area contributed by atoms with E-state index in [1.54, 1.807) is 30.3 Å². The average molecular weight is 480 g/mol. The maximum Gasteiger partial charge on any atom is 0.255 e. The molecule has 7 heteroatoms. The number of amides is 2. The van der Waals surface area contributed by atoms with Crippen molar-refractivity contribution in [3.63, 3.8) is 0 Å². The second-order valence-corrected chi connectivity index (χ2v) is 8.91. The molecule has 0 fully saturated rings. The number of fused-ring (bicyclic) bond motifs is 2. The zero-order chi connectivity index (χ0) is 25.4. The number of Topliss-reactive ketones (excluding diaryl/α,β-unsaturated/α-hetero) is 1. The molecule has 2 heterocycles. The minimum absolute atomic E-state index is 0.245. The highest BCUT2D eigenvalue weighted by atomic mass is 16.5. The van der Waals surface area contributed by atoms with Gasteiger partial charge >= 0.3 is 0 Å². The van der Waals surface area contributed by atoms with Gasteiger partial charge in [0.05, 0.1) is 5.56 Å². The fourth-order valence-corrected chi connectivity index (χ4v) is 4.45. The summed E-state index contributed by atoms with van der Waals surface area (Å²) in [6.07, 6.45) is 0. The Labute approximate surface area is 208 Å². The van der Waals surface area contributed by atoms with E-state index >= 15 is 0 Å². The van der Waals surface area contributed by atoms with Crippen molar-refractivity contribution in [1.29, 1.82) is 0 Å². The number of pyridine rings is 1. The summed E-state index contributed by atoms with van der Waals surface area (Å²) in [6, 6.07) is 18.7. The average Bonchev–Trinajstić information content (AvgIpc) is 2.88. The van der Waals surface area contributed by atoms with Crippen LogP contribution in [0.25, 0.3) is 10.9 Å². The molecule has 0 spiro atoms. The number of para-hydroxylation sites is 1. The maximum atomic E-state index is 13.1. The molecule has 0 radical (unpaired) electrons. The number of benzene rings is 3. The van der Waals surface area contributed by atoms with Crippen LogP contribution >= 0.6 is 0 Å². The molecule has 2 amide bonds. The first-order chi connectivity index (χ1) is 17.3. The lowest BCUT2D eigenvalue weighted by Gasteiger charge is -2.24. The molecule has 180 valence electrons. The van der Waals surface area contributed by atoms with Crippen LogP contribution in [0.2, 0.25) is 0 Å². The van der Waals surface area contributed by atoms with Gasteiger partial charge in [-0.1, -0.05) is 42.5 Å². The number of carbonyl (C=O) groups excluding carboxylic acids is 3. The molecule has 7 nitrogen and oxygen atoms in total. The van der Waals surface area contributed by atoms with Crippen LogP contribution in [-0.2, 0) is 11.4 Å². The van der Waals surface area contributed by atoms with Gasteiger partial charge in [0.15, 0.2) is 11.8 Å². The van der Waals surface area contributed by atoms with Crippen LogP contribution in [0.15, 0.2) is 66.7 Å². The molecule has 1 aliphatic heterocycles. The largest absolute Gasteiger partial charge is 0.487 e. The minimum Gasteiger partial charge on any atom is -0.487 e. The van der Waals surface area contributed by atoms with Crippen LogP contribution < -0.4 is 15.4 Å². The van der Waals surface area contributed by atoms with E-state index in [0.29, 0.717) is 11.4 Å². The molecule has 1 aromatic heterocycles. The van der Waals surface area contributed by atoms with Crippen molar-refractivity contribution in [2.75, 3.05) is 5.32 Å². The molecular weight excluding hydrogens is 454 g/mol. The smallest absolute Gasteiger partial charge is 0.255 e. The zero-order valence-electron chi connectivity index (χ0n) is 20.2. The topological polar surface area (TPSA) is 97.4 Å². The Balaban J connectivity index is 1.37. The normalized spacial score (nSPS) is 14.8. The number of carbonyl (C=O) groups is 3. The van der Waals surface area contributed by atoms with Crippen molar-refractivity contribution < 1.29 is 19.1 Å². The van der Waals surface area contributed by atoms with Gasteiger partial charge < -0.3 is 15.4 Å². The number of hydrogen-bond acceptors (Lipinski definition) is 5. The van der Waals surface area contributed by atoms with Gasteiger partial charge in [-0.25, -0.2) is 4.98 Å². The number of hydrogen-bond donors (Lipinski definition) is 2. The molecule has 1 unspecified atom stereocenters. The highest BCUT2D eigenvalue weighted by Crippen LogP contribution is 2.28. The predicted molar refractivity (Wildman–Crippen MR) is 137 cm³/mol. The van der Waals surface area contributed by atoms with Gasteiger partial charge in [0.25, 0.3) is 11.8 Å². The molecule has 1 atom stereocenters. The fraction of sp³-hybridized carbons (Fsp3) is 0.172. The van der Waals surface area contributed by atoms with Gasteiger partial charge in [0.2, 0.25) is 0 Å². The van der Waals surface area contributed by atoms with Gasteiger partial charge in [-0.05, 0) is 61.7 Å². The van der Waals surface area contributed by atoms with Crippen LogP contribution in [0.3, 0.4) is 0 Å². The maximum absolute atomic E-state index is 13.1. The Hall–Kier alpha value is -4.52. The van der Waals surface area contributed by atoms with Crippen molar-refractivity contribution in [1.82, 2.24) is 10.3 Å². The lowest BCUT2D eigenvalue weighted by molar-refractivity contribution is -0.117. The number of aryl methyl sites for hydroxylation is 2. The molecule has 0 aliphatic carbocycles. The first-order valence-electron chi connectivity index (χ1n) is 11.7. The van der Waals surface area contributed by atoms with E-state index in [-0.39, 0.29) is 17.7 Å². The Kier molecular flexibility index (Phi) is 5.98. The lowest BCUT2D eigenvalue weighted by atomic mass is 9.93. The first-order valence-corrected chi connectivity index (χ1v) is 11.7. The van der Waals surface area contributed by atoms with Crippen LogP contribution in [-0.4, -0.2) is 28.6 Å². The quantitative estimate of drug-likeness (QED) is 0.406. The summed E-state index contributed by atoms with van der Waals surface area (Å²) in [5, 5.41) is 6.34. The zero-order valence-corrected chi connectivity index (χ0v) is 20.2. The van der Waals surface area contributed by atoms with E-state index in [2.05, 4.69) is 15.6 Å². The standard InChI is InChI=1S/C29H25N3O4/c1-16-11-14-23(31-29(35)26-27(33)20-8-4-5-9-21(20)28(34)32-26)18(3)22(16)15-36-24-10-6-7-19-13-12-17(2)30-25(19)24/h4-14,26H,15H2,1-3H3,(H,31,35)(H,32,34). The second-order valence-electron chi connectivity index (χ2n) is 8.91. The van der Waals surface area contributed by atoms with Crippen molar-refractivity contribution in [2.45, 2.75) is 33.4 Å². The summed E-state index contributed by atoms with van der Waals surface area (Å²) >= 11 is 0. The SMILES string of the molecule is Cc1ccc2cccc(OCc3c(C)ccc(NC(=O)C4NC(=O)c5ccccc5C4=O)c3C)c2n1. The molecular formula is C29H25N3O4. The molecule has 4 aromatic rings. The van der Waals surface area contributed by atoms with E-state index in [1.807, 2.05) is 57.2 Å². The van der Waals surface area contributed by atoms with Crippen molar-refractivity contribution in [2.24, 2.45) is 0 Å². The summed E-state index contributed by atoms with van der Waals surface area (Å²) in [5.41, 5.74) is 5.52. The van der Waals surface area contributed by atoms with Gasteiger partial charge in [0.1, 0.15) is 17.9 Å². The molecule has 0 saturated heterocycles. The van der Waals surface area contributed by atoms with E-state index in [0.717, 1.165) is 33.3 Å². The number of aromatic nitrogens is 1. The molecule has 36 heavy (non-hydrogen) atoms. The first kappa shape index (κ1) is 23.2.